The predicted molar refractivity (Wildman–Crippen MR) is 171 cm³/mol. The summed E-state index contributed by atoms with van der Waals surface area (Å²) in [5.74, 6) is -3.12. The number of carbonyl (C=O) groups excluding carboxylic acids is 3. The van der Waals surface area contributed by atoms with Crippen molar-refractivity contribution in [3.63, 3.8) is 0 Å². The molecule has 1 aromatic carbocycles. The van der Waals surface area contributed by atoms with Crippen LogP contribution in [0.1, 0.15) is 81.3 Å². The van der Waals surface area contributed by atoms with Crippen LogP contribution in [0, 0.1) is 17.7 Å². The number of likely N-dealkylation sites (N-methyl/N-ethyl adjacent to an activating group) is 1. The first kappa shape index (κ1) is 34.7. The molecule has 2 N–H and O–H groups in total. The Bertz CT molecular complexity index is 1450. The molecule has 1 aliphatic carbocycles. The van der Waals surface area contributed by atoms with Gasteiger partial charge in [-0.05, 0) is 63.4 Å². The number of Topliss-reactive ketones (excluding diaryl/α,β-unsaturated/α-hetero) is 1. The molecule has 1 aromatic heterocycles. The third-order valence-electron chi connectivity index (χ3n) is 9.31. The molecule has 2 aromatic rings. The van der Waals surface area contributed by atoms with Gasteiger partial charge in [-0.2, -0.15) is 5.10 Å². The number of halogens is 1. The number of amides is 2. The van der Waals surface area contributed by atoms with Gasteiger partial charge in [0.15, 0.2) is 5.78 Å². The van der Waals surface area contributed by atoms with Crippen LogP contribution < -0.4 is 10.0 Å². The number of ketones is 1. The Morgan fingerprint density at radius 2 is 1.73 bits per heavy atom. The molecule has 11 nitrogen and oxygen atoms in total. The van der Waals surface area contributed by atoms with Gasteiger partial charge in [0.05, 0.1) is 11.4 Å². The van der Waals surface area contributed by atoms with Crippen LogP contribution in [0.2, 0.25) is 0 Å². The average Bonchev–Trinajstić information content (AvgIpc) is 3.53. The van der Waals surface area contributed by atoms with Gasteiger partial charge < -0.3 is 15.1 Å². The number of aromatic nitrogens is 2. The minimum absolute atomic E-state index is 0.00653. The van der Waals surface area contributed by atoms with Crippen molar-refractivity contribution in [2.75, 3.05) is 44.3 Å². The smallest absolute Gasteiger partial charge is 0.241 e. The lowest BCUT2D eigenvalue weighted by Gasteiger charge is -2.36. The third-order valence-corrected chi connectivity index (χ3v) is 10.7. The van der Waals surface area contributed by atoms with Crippen molar-refractivity contribution >= 4 is 33.3 Å². The number of rotatable bonds is 13. The summed E-state index contributed by atoms with van der Waals surface area (Å²) in [6.07, 6.45) is 6.27. The highest BCUT2D eigenvalue weighted by Crippen LogP contribution is 2.34. The number of carbonyl (C=O) groups is 3. The lowest BCUT2D eigenvalue weighted by Crippen LogP contribution is -2.55. The van der Waals surface area contributed by atoms with Crippen molar-refractivity contribution < 1.29 is 27.2 Å². The van der Waals surface area contributed by atoms with Crippen molar-refractivity contribution in [2.24, 2.45) is 11.8 Å². The summed E-state index contributed by atoms with van der Waals surface area (Å²) < 4.78 is 44.9. The van der Waals surface area contributed by atoms with Gasteiger partial charge in [-0.3, -0.25) is 19.1 Å². The Hall–Kier alpha value is -3.16. The van der Waals surface area contributed by atoms with Gasteiger partial charge in [0.2, 0.25) is 21.8 Å². The van der Waals surface area contributed by atoms with Gasteiger partial charge in [-0.25, -0.2) is 17.5 Å². The van der Waals surface area contributed by atoms with Gasteiger partial charge in [0.1, 0.15) is 17.6 Å². The summed E-state index contributed by atoms with van der Waals surface area (Å²) in [7, 11) is -1.78. The lowest BCUT2D eigenvalue weighted by atomic mass is 9.77. The van der Waals surface area contributed by atoms with Gasteiger partial charge in [-0.15, -0.1) is 0 Å². The van der Waals surface area contributed by atoms with E-state index in [4.69, 9.17) is 0 Å². The molecule has 45 heavy (non-hydrogen) atoms. The van der Waals surface area contributed by atoms with E-state index in [2.05, 4.69) is 20.0 Å². The zero-order valence-electron chi connectivity index (χ0n) is 26.8. The molecule has 1 aliphatic heterocycles. The molecule has 2 fully saturated rings. The fraction of sp³-hybridized carbons (Fsp3) is 0.625. The van der Waals surface area contributed by atoms with E-state index in [-0.39, 0.29) is 35.5 Å². The van der Waals surface area contributed by atoms with Crippen LogP contribution in [0.15, 0.2) is 30.5 Å². The number of nitrogens with one attached hydrogen (secondary N) is 2. The minimum Gasteiger partial charge on any atom is -0.339 e. The highest BCUT2D eigenvalue weighted by Gasteiger charge is 2.36. The van der Waals surface area contributed by atoms with Crippen LogP contribution in [-0.2, 0) is 26.2 Å². The number of sulfonamides is 1. The van der Waals surface area contributed by atoms with Crippen LogP contribution in [0.5, 0.6) is 0 Å². The fourth-order valence-electron chi connectivity index (χ4n) is 6.34. The molecule has 0 spiro atoms. The molecule has 2 amide bonds. The normalized spacial score (nSPS) is 18.7. The molecule has 0 bridgehead atoms. The van der Waals surface area contributed by atoms with Crippen LogP contribution >= 0.6 is 0 Å². The van der Waals surface area contributed by atoms with Crippen LogP contribution in [0.4, 0.5) is 10.1 Å². The first-order valence-electron chi connectivity index (χ1n) is 16.1. The zero-order valence-corrected chi connectivity index (χ0v) is 27.6. The maximum Gasteiger partial charge on any atom is 0.241 e. The second kappa shape index (κ2) is 15.4. The molecule has 248 valence electrons. The molecule has 0 unspecified atom stereocenters. The summed E-state index contributed by atoms with van der Waals surface area (Å²) in [5, 5.41) is 6.91. The number of anilines is 1. The number of nitrogens with zero attached hydrogens (tertiary/aromatic N) is 4. The highest BCUT2D eigenvalue weighted by molar-refractivity contribution is 7.89. The summed E-state index contributed by atoms with van der Waals surface area (Å²) in [5.41, 5.74) is 0.845. The molecule has 2 aliphatic rings. The third kappa shape index (κ3) is 8.76. The van der Waals surface area contributed by atoms with E-state index in [1.165, 1.54) is 19.1 Å². The molecule has 1 saturated carbocycles. The molecule has 3 atom stereocenters. The average molecular weight is 647 g/mol. The van der Waals surface area contributed by atoms with Crippen LogP contribution in [0.25, 0.3) is 0 Å². The van der Waals surface area contributed by atoms with E-state index in [9.17, 15) is 22.8 Å². The van der Waals surface area contributed by atoms with Gasteiger partial charge in [0, 0.05) is 57.2 Å². The number of aryl methyl sites for hydroxylation is 1. The number of hydrogen-bond donors (Lipinski definition) is 2. The Kier molecular flexibility index (Phi) is 11.9. The van der Waals surface area contributed by atoms with Crippen LogP contribution in [0.3, 0.4) is 0 Å². The Labute approximate surface area is 266 Å². The maximum atomic E-state index is 15.6. The largest absolute Gasteiger partial charge is 0.339 e. The molecule has 1 saturated heterocycles. The van der Waals surface area contributed by atoms with Crippen molar-refractivity contribution in [3.8, 4) is 0 Å². The Morgan fingerprint density at radius 3 is 2.36 bits per heavy atom. The first-order valence-corrected chi connectivity index (χ1v) is 17.7. The molecule has 13 heteroatoms. The number of hydrogen-bond acceptors (Lipinski definition) is 7. The number of benzene rings is 1. The van der Waals surface area contributed by atoms with E-state index < -0.39 is 39.6 Å². The monoisotopic (exact) mass is 646 g/mol. The van der Waals surface area contributed by atoms with Crippen molar-refractivity contribution in [1.82, 2.24) is 24.3 Å². The molecule has 4 rings (SSSR count). The van der Waals surface area contributed by atoms with Gasteiger partial charge in [-0.1, -0.05) is 32.3 Å². The van der Waals surface area contributed by atoms with E-state index >= 15 is 4.39 Å². The summed E-state index contributed by atoms with van der Waals surface area (Å²) >= 11 is 0. The van der Waals surface area contributed by atoms with Gasteiger partial charge in [0.25, 0.3) is 0 Å². The summed E-state index contributed by atoms with van der Waals surface area (Å²) in [6, 6.07) is 4.83. The zero-order chi connectivity index (χ0) is 32.7. The fourth-order valence-corrected chi connectivity index (χ4v) is 7.19. The maximum absolute atomic E-state index is 15.6. The predicted octanol–water partition coefficient (Wildman–Crippen LogP) is 3.64. The minimum atomic E-state index is -3.74. The lowest BCUT2D eigenvalue weighted by molar-refractivity contribution is -0.135. The second-order valence-corrected chi connectivity index (χ2v) is 14.4. The topological polar surface area (TPSA) is 134 Å². The van der Waals surface area contributed by atoms with Crippen molar-refractivity contribution in [1.29, 1.82) is 0 Å². The van der Waals surface area contributed by atoms with Crippen LogP contribution in [-0.4, -0.2) is 90.6 Å². The summed E-state index contributed by atoms with van der Waals surface area (Å²) in [4.78, 5) is 44.2. The number of piperazine rings is 1. The van der Waals surface area contributed by atoms with E-state index in [0.29, 0.717) is 44.0 Å². The SMILES string of the molecule is CCn1nccc1C(=O)C[C@H](C(=O)Nc1ccc([C@H](C)[C@@H](NS(=O)(=O)CC)C(=O)N2CCN(C)CC2)cc1F)C1CCCCC1. The van der Waals surface area contributed by atoms with Gasteiger partial charge >= 0.3 is 0 Å². The second-order valence-electron chi connectivity index (χ2n) is 12.3. The highest BCUT2D eigenvalue weighted by atomic mass is 32.2. The Morgan fingerprint density at radius 1 is 1.04 bits per heavy atom. The molecule has 0 radical (unpaired) electrons. The standard InChI is InChI=1S/C32H47FN6O5S/c1-5-39-28(14-15-34-39)29(40)21-25(23-10-8-7-9-11-23)31(41)35-27-13-12-24(20-26(27)33)22(3)30(36-45(43,44)6-2)32(42)38-18-16-37(4)17-19-38/h12-15,20,22-23,25,30,36H,5-11,16-19,21H2,1-4H3,(H,35,41)/t22-,25-,30+/m0/s1. The summed E-state index contributed by atoms with van der Waals surface area (Å²) in [6.45, 7) is 7.90. The molecular weight excluding hydrogens is 599 g/mol. The molecular formula is C32H47FN6O5S. The van der Waals surface area contributed by atoms with E-state index in [0.717, 1.165) is 32.1 Å². The van der Waals surface area contributed by atoms with Crippen molar-refractivity contribution in [3.05, 3.63) is 47.5 Å². The van der Waals surface area contributed by atoms with E-state index in [1.807, 2.05) is 14.0 Å². The molecule has 2 heterocycles. The van der Waals surface area contributed by atoms with E-state index in [1.54, 1.807) is 34.8 Å². The quantitative estimate of drug-likeness (QED) is 0.318. The first-order chi connectivity index (χ1) is 21.4. The van der Waals surface area contributed by atoms with Crippen molar-refractivity contribution in [2.45, 2.75) is 77.8 Å². The Balaban J connectivity index is 1.53.